The molecule has 0 amide bonds. The molecular formula is C16H22N4. The van der Waals surface area contributed by atoms with Crippen LogP contribution >= 0.6 is 0 Å². The molecule has 4 heteroatoms. The van der Waals surface area contributed by atoms with Crippen molar-refractivity contribution in [3.05, 3.63) is 41.1 Å². The minimum Gasteiger partial charge on any atom is -0.354 e. The molecular weight excluding hydrogens is 248 g/mol. The van der Waals surface area contributed by atoms with Gasteiger partial charge in [-0.25, -0.2) is 4.98 Å². The van der Waals surface area contributed by atoms with Crippen molar-refractivity contribution in [3.8, 4) is 0 Å². The van der Waals surface area contributed by atoms with Crippen molar-refractivity contribution in [2.24, 2.45) is 0 Å². The van der Waals surface area contributed by atoms with E-state index in [4.69, 9.17) is 0 Å². The molecule has 1 aromatic carbocycles. The molecule has 0 unspecified atom stereocenters. The minimum absolute atomic E-state index is 0.672. The van der Waals surface area contributed by atoms with Crippen LogP contribution in [0.2, 0.25) is 0 Å². The third-order valence-electron chi connectivity index (χ3n) is 3.15. The molecule has 2 aromatic rings. The number of nitrogens with zero attached hydrogens (tertiary/aromatic N) is 2. The van der Waals surface area contributed by atoms with E-state index in [1.807, 2.05) is 13.1 Å². The fourth-order valence-electron chi connectivity index (χ4n) is 1.89. The Bertz CT molecular complexity index is 593. The van der Waals surface area contributed by atoms with Crippen molar-refractivity contribution in [2.75, 3.05) is 17.2 Å². The maximum absolute atomic E-state index is 4.54. The summed E-state index contributed by atoms with van der Waals surface area (Å²) in [7, 11) is 0. The SMILES string of the molecule is CCCNc1ncc(C)c(Nc2cc(C)ccc2C)n1. The number of rotatable bonds is 5. The van der Waals surface area contributed by atoms with Crippen molar-refractivity contribution >= 4 is 17.5 Å². The molecule has 2 N–H and O–H groups in total. The van der Waals surface area contributed by atoms with Crippen LogP contribution < -0.4 is 10.6 Å². The van der Waals surface area contributed by atoms with Gasteiger partial charge in [-0.15, -0.1) is 0 Å². The van der Waals surface area contributed by atoms with Crippen LogP contribution in [0.25, 0.3) is 0 Å². The van der Waals surface area contributed by atoms with Crippen LogP contribution in [0.5, 0.6) is 0 Å². The monoisotopic (exact) mass is 270 g/mol. The highest BCUT2D eigenvalue weighted by Gasteiger charge is 2.06. The van der Waals surface area contributed by atoms with E-state index in [0.717, 1.165) is 30.0 Å². The maximum Gasteiger partial charge on any atom is 0.224 e. The molecule has 1 aromatic heterocycles. The number of benzene rings is 1. The molecule has 0 aliphatic rings. The first-order valence-corrected chi connectivity index (χ1v) is 7.02. The first-order chi connectivity index (χ1) is 9.60. The number of anilines is 3. The summed E-state index contributed by atoms with van der Waals surface area (Å²) in [6.07, 6.45) is 2.90. The third kappa shape index (κ3) is 3.47. The van der Waals surface area contributed by atoms with E-state index in [0.29, 0.717) is 5.95 Å². The molecule has 4 nitrogen and oxygen atoms in total. The van der Waals surface area contributed by atoms with Crippen molar-refractivity contribution in [2.45, 2.75) is 34.1 Å². The lowest BCUT2D eigenvalue weighted by atomic mass is 10.1. The van der Waals surface area contributed by atoms with Crippen molar-refractivity contribution in [1.29, 1.82) is 0 Å². The Morgan fingerprint density at radius 3 is 2.65 bits per heavy atom. The molecule has 20 heavy (non-hydrogen) atoms. The Balaban J connectivity index is 2.25. The smallest absolute Gasteiger partial charge is 0.224 e. The second kappa shape index (κ2) is 6.37. The van der Waals surface area contributed by atoms with Crippen LogP contribution in [-0.4, -0.2) is 16.5 Å². The van der Waals surface area contributed by atoms with Gasteiger partial charge in [-0.05, 0) is 44.4 Å². The molecule has 2 rings (SSSR count). The van der Waals surface area contributed by atoms with Crippen LogP contribution in [0.1, 0.15) is 30.0 Å². The lowest BCUT2D eigenvalue weighted by molar-refractivity contribution is 0.950. The second-order valence-electron chi connectivity index (χ2n) is 5.10. The zero-order valence-electron chi connectivity index (χ0n) is 12.6. The molecule has 0 atom stereocenters. The molecule has 0 spiro atoms. The maximum atomic E-state index is 4.54. The van der Waals surface area contributed by atoms with Crippen molar-refractivity contribution < 1.29 is 0 Å². The highest BCUT2D eigenvalue weighted by molar-refractivity contribution is 5.64. The Labute approximate surface area is 120 Å². The minimum atomic E-state index is 0.672. The molecule has 1 heterocycles. The van der Waals surface area contributed by atoms with E-state index in [1.165, 1.54) is 11.1 Å². The van der Waals surface area contributed by atoms with E-state index in [9.17, 15) is 0 Å². The van der Waals surface area contributed by atoms with Crippen molar-refractivity contribution in [3.63, 3.8) is 0 Å². The van der Waals surface area contributed by atoms with Gasteiger partial charge < -0.3 is 10.6 Å². The summed E-state index contributed by atoms with van der Waals surface area (Å²) in [6, 6.07) is 6.36. The van der Waals surface area contributed by atoms with Crippen LogP contribution in [0, 0.1) is 20.8 Å². The number of hydrogen-bond donors (Lipinski definition) is 2. The van der Waals surface area contributed by atoms with Gasteiger partial charge >= 0.3 is 0 Å². The van der Waals surface area contributed by atoms with Crippen LogP contribution in [0.4, 0.5) is 17.5 Å². The van der Waals surface area contributed by atoms with E-state index in [2.05, 4.69) is 59.6 Å². The molecule has 0 bridgehead atoms. The van der Waals surface area contributed by atoms with Crippen LogP contribution in [0.15, 0.2) is 24.4 Å². The number of hydrogen-bond acceptors (Lipinski definition) is 4. The molecule has 0 saturated carbocycles. The molecule has 0 aliphatic carbocycles. The fourth-order valence-corrected chi connectivity index (χ4v) is 1.89. The first kappa shape index (κ1) is 14.3. The zero-order valence-corrected chi connectivity index (χ0v) is 12.6. The number of aromatic nitrogens is 2. The van der Waals surface area contributed by atoms with Gasteiger partial charge in [-0.2, -0.15) is 4.98 Å². The van der Waals surface area contributed by atoms with Gasteiger partial charge in [0.25, 0.3) is 0 Å². The lowest BCUT2D eigenvalue weighted by Gasteiger charge is -2.13. The number of nitrogens with one attached hydrogen (secondary N) is 2. The van der Waals surface area contributed by atoms with Gasteiger partial charge in [-0.3, -0.25) is 0 Å². The Morgan fingerprint density at radius 1 is 1.10 bits per heavy atom. The summed E-state index contributed by atoms with van der Waals surface area (Å²) in [6.45, 7) is 9.19. The summed E-state index contributed by atoms with van der Waals surface area (Å²) < 4.78 is 0. The summed E-state index contributed by atoms with van der Waals surface area (Å²) in [5.41, 5.74) is 4.56. The van der Waals surface area contributed by atoms with Gasteiger partial charge in [0.1, 0.15) is 5.82 Å². The molecule has 106 valence electrons. The van der Waals surface area contributed by atoms with Gasteiger partial charge in [0.05, 0.1) is 0 Å². The van der Waals surface area contributed by atoms with Gasteiger partial charge in [0, 0.05) is 24.0 Å². The van der Waals surface area contributed by atoms with E-state index in [-0.39, 0.29) is 0 Å². The molecule has 0 radical (unpaired) electrons. The average Bonchev–Trinajstić information content (AvgIpc) is 2.43. The van der Waals surface area contributed by atoms with E-state index >= 15 is 0 Å². The highest BCUT2D eigenvalue weighted by atomic mass is 15.1. The van der Waals surface area contributed by atoms with E-state index in [1.54, 1.807) is 0 Å². The third-order valence-corrected chi connectivity index (χ3v) is 3.15. The van der Waals surface area contributed by atoms with Gasteiger partial charge in [-0.1, -0.05) is 19.1 Å². The Morgan fingerprint density at radius 2 is 1.90 bits per heavy atom. The summed E-state index contributed by atoms with van der Waals surface area (Å²) in [4.78, 5) is 8.84. The lowest BCUT2D eigenvalue weighted by Crippen LogP contribution is -2.07. The summed E-state index contributed by atoms with van der Waals surface area (Å²) in [5.74, 6) is 1.53. The molecule has 0 saturated heterocycles. The highest BCUT2D eigenvalue weighted by Crippen LogP contribution is 2.23. The largest absolute Gasteiger partial charge is 0.354 e. The Kier molecular flexibility index (Phi) is 4.56. The topological polar surface area (TPSA) is 49.8 Å². The summed E-state index contributed by atoms with van der Waals surface area (Å²) >= 11 is 0. The second-order valence-corrected chi connectivity index (χ2v) is 5.10. The average molecular weight is 270 g/mol. The number of aryl methyl sites for hydroxylation is 3. The predicted octanol–water partition coefficient (Wildman–Crippen LogP) is 3.97. The predicted molar refractivity (Wildman–Crippen MR) is 84.7 cm³/mol. The van der Waals surface area contributed by atoms with Crippen LogP contribution in [0.3, 0.4) is 0 Å². The Hall–Kier alpha value is -2.10. The van der Waals surface area contributed by atoms with Gasteiger partial charge in [0.2, 0.25) is 5.95 Å². The van der Waals surface area contributed by atoms with Crippen LogP contribution in [-0.2, 0) is 0 Å². The van der Waals surface area contributed by atoms with Crippen molar-refractivity contribution in [1.82, 2.24) is 9.97 Å². The first-order valence-electron chi connectivity index (χ1n) is 7.02. The van der Waals surface area contributed by atoms with E-state index < -0.39 is 0 Å². The quantitative estimate of drug-likeness (QED) is 0.863. The molecule has 0 fully saturated rings. The standard InChI is InChI=1S/C16H22N4/c1-5-8-17-16-18-10-13(4)15(20-16)19-14-9-11(2)6-7-12(14)3/h6-7,9-10H,5,8H2,1-4H3,(H2,17,18,19,20). The fraction of sp³-hybridized carbons (Fsp3) is 0.375. The molecule has 0 aliphatic heterocycles. The summed E-state index contributed by atoms with van der Waals surface area (Å²) in [5, 5.41) is 6.62. The zero-order chi connectivity index (χ0) is 14.5. The normalized spacial score (nSPS) is 10.4. The van der Waals surface area contributed by atoms with Gasteiger partial charge in [0.15, 0.2) is 0 Å².